The van der Waals surface area contributed by atoms with Gasteiger partial charge >= 0.3 is 0 Å². The molecule has 0 bridgehead atoms. The third-order valence-corrected chi connectivity index (χ3v) is 4.63. The summed E-state index contributed by atoms with van der Waals surface area (Å²) >= 11 is 7.70. The summed E-state index contributed by atoms with van der Waals surface area (Å²) < 4.78 is 13.7. The van der Waals surface area contributed by atoms with Crippen molar-refractivity contribution in [1.29, 1.82) is 0 Å². The normalized spacial score (nSPS) is 24.9. The Labute approximate surface area is 105 Å². The van der Waals surface area contributed by atoms with Crippen LogP contribution in [0.4, 0.5) is 4.39 Å². The van der Waals surface area contributed by atoms with Gasteiger partial charge in [0.15, 0.2) is 0 Å². The molecule has 0 saturated carbocycles. The number of rotatable bonds is 3. The molecule has 1 N–H and O–H groups in total. The Balaban J connectivity index is 2.11. The van der Waals surface area contributed by atoms with Gasteiger partial charge in [-0.2, -0.15) is 11.8 Å². The zero-order valence-corrected chi connectivity index (χ0v) is 10.7. The molecular weight excluding hydrogens is 245 g/mol. The third-order valence-electron chi connectivity index (χ3n) is 3.08. The smallest absolute Gasteiger partial charge is 0.144 e. The lowest BCUT2D eigenvalue weighted by Gasteiger charge is -2.18. The Morgan fingerprint density at radius 2 is 2.31 bits per heavy atom. The Kier molecular flexibility index (Phi) is 4.11. The van der Waals surface area contributed by atoms with Crippen molar-refractivity contribution in [2.45, 2.75) is 12.5 Å². The number of hydrogen-bond acceptors (Lipinski definition) is 2. The highest BCUT2D eigenvalue weighted by molar-refractivity contribution is 7.99. The molecule has 1 saturated heterocycles. The van der Waals surface area contributed by atoms with Crippen molar-refractivity contribution in [2.24, 2.45) is 5.92 Å². The maximum Gasteiger partial charge on any atom is 0.144 e. The van der Waals surface area contributed by atoms with Gasteiger partial charge in [0.05, 0.1) is 5.02 Å². The minimum Gasteiger partial charge on any atom is -0.316 e. The molecule has 1 aromatic rings. The van der Waals surface area contributed by atoms with Crippen molar-refractivity contribution in [1.82, 2.24) is 5.32 Å². The Morgan fingerprint density at radius 1 is 1.50 bits per heavy atom. The fourth-order valence-corrected chi connectivity index (χ4v) is 3.78. The molecule has 1 aromatic carbocycles. The second-order valence-corrected chi connectivity index (χ2v) is 5.59. The molecule has 0 amide bonds. The molecule has 2 unspecified atom stereocenters. The summed E-state index contributed by atoms with van der Waals surface area (Å²) in [4.78, 5) is 0. The van der Waals surface area contributed by atoms with Crippen molar-refractivity contribution in [2.75, 3.05) is 18.6 Å². The van der Waals surface area contributed by atoms with Crippen LogP contribution in [0.3, 0.4) is 0 Å². The molecular formula is C12H15ClFNS. The minimum absolute atomic E-state index is 0.226. The molecule has 16 heavy (non-hydrogen) atoms. The molecule has 0 spiro atoms. The number of thioether (sulfide) groups is 1. The lowest BCUT2D eigenvalue weighted by molar-refractivity contribution is 0.445. The van der Waals surface area contributed by atoms with Crippen molar-refractivity contribution in [3.63, 3.8) is 0 Å². The molecule has 1 aliphatic rings. The van der Waals surface area contributed by atoms with Gasteiger partial charge in [0.25, 0.3) is 0 Å². The van der Waals surface area contributed by atoms with Crippen LogP contribution in [0.5, 0.6) is 0 Å². The molecule has 1 fully saturated rings. The molecule has 0 aromatic heterocycles. The van der Waals surface area contributed by atoms with Gasteiger partial charge in [-0.25, -0.2) is 4.39 Å². The molecule has 0 aliphatic carbocycles. The van der Waals surface area contributed by atoms with E-state index in [0.717, 1.165) is 23.5 Å². The number of halogens is 2. The Bertz CT molecular complexity index is 372. The minimum atomic E-state index is -0.254. The van der Waals surface area contributed by atoms with Gasteiger partial charge < -0.3 is 5.32 Å². The first-order valence-electron chi connectivity index (χ1n) is 5.40. The summed E-state index contributed by atoms with van der Waals surface area (Å²) in [7, 11) is 1.97. The van der Waals surface area contributed by atoms with Gasteiger partial charge in [-0.15, -0.1) is 0 Å². The first-order chi connectivity index (χ1) is 7.72. The van der Waals surface area contributed by atoms with E-state index in [-0.39, 0.29) is 10.8 Å². The molecule has 88 valence electrons. The van der Waals surface area contributed by atoms with Gasteiger partial charge in [-0.3, -0.25) is 0 Å². The first kappa shape index (κ1) is 12.2. The van der Waals surface area contributed by atoms with E-state index in [4.69, 9.17) is 11.6 Å². The van der Waals surface area contributed by atoms with E-state index < -0.39 is 0 Å². The predicted octanol–water partition coefficient (Wildman–Crippen LogP) is 2.97. The van der Waals surface area contributed by atoms with Crippen molar-refractivity contribution in [3.05, 3.63) is 34.6 Å². The molecule has 0 radical (unpaired) electrons. The monoisotopic (exact) mass is 259 g/mol. The summed E-state index contributed by atoms with van der Waals surface area (Å²) in [6.45, 7) is 0. The van der Waals surface area contributed by atoms with Crippen molar-refractivity contribution in [3.8, 4) is 0 Å². The van der Waals surface area contributed by atoms with E-state index >= 15 is 0 Å². The quantitative estimate of drug-likeness (QED) is 0.896. The fraction of sp³-hybridized carbons (Fsp3) is 0.500. The van der Waals surface area contributed by atoms with Crippen LogP contribution in [0.1, 0.15) is 5.56 Å². The van der Waals surface area contributed by atoms with E-state index in [2.05, 4.69) is 5.32 Å². The molecule has 2 rings (SSSR count). The number of benzene rings is 1. The predicted molar refractivity (Wildman–Crippen MR) is 68.8 cm³/mol. The van der Waals surface area contributed by atoms with E-state index in [1.54, 1.807) is 6.07 Å². The van der Waals surface area contributed by atoms with Crippen molar-refractivity contribution >= 4 is 23.4 Å². The topological polar surface area (TPSA) is 12.0 Å². The zero-order valence-electron chi connectivity index (χ0n) is 9.17. The van der Waals surface area contributed by atoms with E-state index in [1.165, 1.54) is 0 Å². The SMILES string of the molecule is CNC1CSCC1Cc1cccc(Cl)c1F. The van der Waals surface area contributed by atoms with E-state index in [1.807, 2.05) is 30.9 Å². The summed E-state index contributed by atoms with van der Waals surface area (Å²) in [6.07, 6.45) is 0.769. The van der Waals surface area contributed by atoms with Crippen LogP contribution in [0, 0.1) is 11.7 Å². The fourth-order valence-electron chi connectivity index (χ4n) is 2.11. The van der Waals surface area contributed by atoms with Gasteiger partial charge in [0.2, 0.25) is 0 Å². The Hall–Kier alpha value is -0.250. The average Bonchev–Trinajstić information content (AvgIpc) is 2.72. The molecule has 1 nitrogen and oxygen atoms in total. The highest BCUT2D eigenvalue weighted by atomic mass is 35.5. The first-order valence-corrected chi connectivity index (χ1v) is 6.93. The van der Waals surface area contributed by atoms with Gasteiger partial charge in [-0.1, -0.05) is 23.7 Å². The second-order valence-electron chi connectivity index (χ2n) is 4.11. The van der Waals surface area contributed by atoms with Crippen molar-refractivity contribution < 1.29 is 4.39 Å². The summed E-state index contributed by atoms with van der Waals surface area (Å²) in [5, 5.41) is 3.52. The molecule has 4 heteroatoms. The maximum absolute atomic E-state index is 13.7. The average molecular weight is 260 g/mol. The van der Waals surface area contributed by atoms with Gasteiger partial charge in [0.1, 0.15) is 5.82 Å². The lowest BCUT2D eigenvalue weighted by Crippen LogP contribution is -2.33. The number of nitrogens with one attached hydrogen (secondary N) is 1. The van der Waals surface area contributed by atoms with Crippen LogP contribution in [0.2, 0.25) is 5.02 Å². The van der Waals surface area contributed by atoms with Gasteiger partial charge in [-0.05, 0) is 36.8 Å². The van der Waals surface area contributed by atoms with Crippen LogP contribution in [-0.4, -0.2) is 24.6 Å². The Morgan fingerprint density at radius 3 is 3.06 bits per heavy atom. The maximum atomic E-state index is 13.7. The van der Waals surface area contributed by atoms with Crippen LogP contribution >= 0.6 is 23.4 Å². The highest BCUT2D eigenvalue weighted by Gasteiger charge is 2.27. The number of hydrogen-bond donors (Lipinski definition) is 1. The third kappa shape index (κ3) is 2.53. The standard InChI is InChI=1S/C12H15ClFNS/c1-15-11-7-16-6-9(11)5-8-3-2-4-10(13)12(8)14/h2-4,9,11,15H,5-7H2,1H3. The van der Waals surface area contributed by atoms with E-state index in [0.29, 0.717) is 12.0 Å². The van der Waals surface area contributed by atoms with Gasteiger partial charge in [0, 0.05) is 11.8 Å². The van der Waals surface area contributed by atoms with Crippen LogP contribution < -0.4 is 5.32 Å². The zero-order chi connectivity index (χ0) is 11.5. The highest BCUT2D eigenvalue weighted by Crippen LogP contribution is 2.29. The van der Waals surface area contributed by atoms with E-state index in [9.17, 15) is 4.39 Å². The second kappa shape index (κ2) is 5.39. The largest absolute Gasteiger partial charge is 0.316 e. The molecule has 1 heterocycles. The van der Waals surface area contributed by atoms with Crippen LogP contribution in [-0.2, 0) is 6.42 Å². The summed E-state index contributed by atoms with van der Waals surface area (Å²) in [5.74, 6) is 2.46. The molecule has 1 aliphatic heterocycles. The lowest BCUT2D eigenvalue weighted by atomic mass is 9.95. The van der Waals surface area contributed by atoms with Crippen LogP contribution in [0.25, 0.3) is 0 Å². The van der Waals surface area contributed by atoms with Crippen LogP contribution in [0.15, 0.2) is 18.2 Å². The summed E-state index contributed by atoms with van der Waals surface area (Å²) in [6, 6.07) is 5.73. The molecule has 2 atom stereocenters. The summed E-state index contributed by atoms with van der Waals surface area (Å²) in [5.41, 5.74) is 0.736.